The second-order valence-corrected chi connectivity index (χ2v) is 5.15. The lowest BCUT2D eigenvalue weighted by Crippen LogP contribution is -2.23. The van der Waals surface area contributed by atoms with E-state index in [1.54, 1.807) is 0 Å². The van der Waals surface area contributed by atoms with Gasteiger partial charge in [0.15, 0.2) is 0 Å². The van der Waals surface area contributed by atoms with E-state index in [2.05, 4.69) is 10.6 Å². The Morgan fingerprint density at radius 2 is 1.86 bits per heavy atom. The van der Waals surface area contributed by atoms with E-state index in [-0.39, 0.29) is 11.1 Å². The number of hydrogen-bond acceptors (Lipinski definition) is 4. The summed E-state index contributed by atoms with van der Waals surface area (Å²) in [6, 6.07) is 7.95. The largest absolute Gasteiger partial charge is 0.478 e. The molecule has 2 rings (SSSR count). The van der Waals surface area contributed by atoms with Crippen LogP contribution in [0.15, 0.2) is 36.0 Å². The third-order valence-electron chi connectivity index (χ3n) is 3.57. The molecule has 0 aliphatic heterocycles. The van der Waals surface area contributed by atoms with Crippen molar-refractivity contribution in [3.05, 3.63) is 41.6 Å². The first-order valence-corrected chi connectivity index (χ1v) is 7.11. The van der Waals surface area contributed by atoms with E-state index in [9.17, 15) is 9.59 Å². The Labute approximate surface area is 128 Å². The number of anilines is 1. The van der Waals surface area contributed by atoms with Gasteiger partial charge in [0.1, 0.15) is 11.6 Å². The van der Waals surface area contributed by atoms with Gasteiger partial charge < -0.3 is 15.7 Å². The lowest BCUT2D eigenvalue weighted by atomic mass is 10.2. The molecule has 1 aliphatic rings. The fourth-order valence-electron chi connectivity index (χ4n) is 2.34. The molecule has 0 bridgehead atoms. The van der Waals surface area contributed by atoms with Crippen molar-refractivity contribution in [1.29, 1.82) is 5.26 Å². The molecule has 6 heteroatoms. The van der Waals surface area contributed by atoms with Crippen molar-refractivity contribution in [3.63, 3.8) is 0 Å². The molecule has 0 spiro atoms. The first-order chi connectivity index (χ1) is 10.6. The molecule has 0 radical (unpaired) electrons. The summed E-state index contributed by atoms with van der Waals surface area (Å²) in [5, 5.41) is 23.6. The van der Waals surface area contributed by atoms with Crippen LogP contribution < -0.4 is 10.6 Å². The molecular formula is C16H17N3O3. The Bertz CT molecular complexity index is 623. The molecule has 0 heterocycles. The van der Waals surface area contributed by atoms with Crippen LogP contribution in [0.3, 0.4) is 0 Å². The van der Waals surface area contributed by atoms with Crippen LogP contribution in [0.1, 0.15) is 36.0 Å². The minimum Gasteiger partial charge on any atom is -0.478 e. The molecule has 114 valence electrons. The molecule has 1 amide bonds. The maximum absolute atomic E-state index is 12.0. The van der Waals surface area contributed by atoms with Crippen molar-refractivity contribution < 1.29 is 14.7 Å². The summed E-state index contributed by atoms with van der Waals surface area (Å²) < 4.78 is 0. The molecule has 0 saturated heterocycles. The van der Waals surface area contributed by atoms with Gasteiger partial charge in [-0.2, -0.15) is 5.26 Å². The van der Waals surface area contributed by atoms with Crippen LogP contribution >= 0.6 is 0 Å². The van der Waals surface area contributed by atoms with Gasteiger partial charge in [-0.05, 0) is 37.1 Å². The van der Waals surface area contributed by atoms with Crippen LogP contribution in [0.5, 0.6) is 0 Å². The minimum absolute atomic E-state index is 0.00536. The number of carboxylic acid groups (broad SMARTS) is 1. The third-order valence-corrected chi connectivity index (χ3v) is 3.57. The standard InChI is InChI=1S/C16H17N3O3/c17-9-12(10-18-13-3-1-2-4-13)15(20)19-14-7-5-11(6-8-14)16(21)22/h5-8,10,13,18H,1-4H2,(H,19,20)(H,21,22)/b12-10-. The monoisotopic (exact) mass is 299 g/mol. The Morgan fingerprint density at radius 3 is 2.41 bits per heavy atom. The molecule has 1 aromatic carbocycles. The van der Waals surface area contributed by atoms with E-state index in [4.69, 9.17) is 10.4 Å². The van der Waals surface area contributed by atoms with Gasteiger partial charge >= 0.3 is 5.97 Å². The van der Waals surface area contributed by atoms with Crippen molar-refractivity contribution in [2.45, 2.75) is 31.7 Å². The van der Waals surface area contributed by atoms with Crippen LogP contribution in [0, 0.1) is 11.3 Å². The Hall–Kier alpha value is -2.81. The van der Waals surface area contributed by atoms with Gasteiger partial charge in [0.05, 0.1) is 5.56 Å². The Balaban J connectivity index is 1.97. The Kier molecular flexibility index (Phi) is 5.15. The zero-order chi connectivity index (χ0) is 15.9. The second-order valence-electron chi connectivity index (χ2n) is 5.15. The summed E-state index contributed by atoms with van der Waals surface area (Å²) >= 11 is 0. The Morgan fingerprint density at radius 1 is 1.23 bits per heavy atom. The summed E-state index contributed by atoms with van der Waals surface area (Å²) in [4.78, 5) is 22.8. The first kappa shape index (κ1) is 15.6. The highest BCUT2D eigenvalue weighted by molar-refractivity contribution is 6.06. The normalized spacial score (nSPS) is 15.1. The highest BCUT2D eigenvalue weighted by Crippen LogP contribution is 2.17. The first-order valence-electron chi connectivity index (χ1n) is 7.11. The van der Waals surface area contributed by atoms with Gasteiger partial charge in [-0.15, -0.1) is 0 Å². The average molecular weight is 299 g/mol. The topological polar surface area (TPSA) is 102 Å². The van der Waals surface area contributed by atoms with E-state index in [1.165, 1.54) is 30.5 Å². The number of rotatable bonds is 5. The molecule has 0 aromatic heterocycles. The predicted molar refractivity (Wildman–Crippen MR) is 81.1 cm³/mol. The van der Waals surface area contributed by atoms with Crippen molar-refractivity contribution in [3.8, 4) is 6.07 Å². The molecule has 22 heavy (non-hydrogen) atoms. The van der Waals surface area contributed by atoms with Gasteiger partial charge in [-0.25, -0.2) is 4.79 Å². The van der Waals surface area contributed by atoms with Gasteiger partial charge in [-0.1, -0.05) is 12.8 Å². The molecule has 1 fully saturated rings. The van der Waals surface area contributed by atoms with E-state index in [1.807, 2.05) is 6.07 Å². The molecule has 6 nitrogen and oxygen atoms in total. The van der Waals surface area contributed by atoms with Crippen LogP contribution in [0.25, 0.3) is 0 Å². The van der Waals surface area contributed by atoms with Crippen LogP contribution in [0.4, 0.5) is 5.69 Å². The molecule has 0 unspecified atom stereocenters. The predicted octanol–water partition coefficient (Wildman–Crippen LogP) is 2.26. The summed E-state index contributed by atoms with van der Waals surface area (Å²) in [5.41, 5.74) is 0.572. The number of aromatic carboxylic acids is 1. The number of amides is 1. The molecule has 1 saturated carbocycles. The summed E-state index contributed by atoms with van der Waals surface area (Å²) in [7, 11) is 0. The summed E-state index contributed by atoms with van der Waals surface area (Å²) in [5.74, 6) is -1.55. The fraction of sp³-hybridized carbons (Fsp3) is 0.312. The van der Waals surface area contributed by atoms with Crippen molar-refractivity contribution >= 4 is 17.6 Å². The number of nitrogens with one attached hydrogen (secondary N) is 2. The van der Waals surface area contributed by atoms with E-state index >= 15 is 0 Å². The molecule has 1 aliphatic carbocycles. The van der Waals surface area contributed by atoms with Crippen molar-refractivity contribution in [2.24, 2.45) is 0 Å². The highest BCUT2D eigenvalue weighted by atomic mass is 16.4. The average Bonchev–Trinajstić information content (AvgIpc) is 3.01. The van der Waals surface area contributed by atoms with E-state index in [0.29, 0.717) is 11.7 Å². The zero-order valence-electron chi connectivity index (χ0n) is 12.0. The van der Waals surface area contributed by atoms with Gasteiger partial charge in [-0.3, -0.25) is 4.79 Å². The number of benzene rings is 1. The number of carboxylic acids is 1. The van der Waals surface area contributed by atoms with Crippen molar-refractivity contribution in [2.75, 3.05) is 5.32 Å². The molecule has 0 atom stereocenters. The van der Waals surface area contributed by atoms with Crippen molar-refractivity contribution in [1.82, 2.24) is 5.32 Å². The van der Waals surface area contributed by atoms with Crippen LogP contribution in [-0.2, 0) is 4.79 Å². The maximum Gasteiger partial charge on any atom is 0.335 e. The molecule has 1 aromatic rings. The molecular weight excluding hydrogens is 282 g/mol. The lowest BCUT2D eigenvalue weighted by molar-refractivity contribution is -0.112. The van der Waals surface area contributed by atoms with E-state index < -0.39 is 11.9 Å². The van der Waals surface area contributed by atoms with Gasteiger partial charge in [0.25, 0.3) is 5.91 Å². The number of carbonyl (C=O) groups is 2. The van der Waals surface area contributed by atoms with Gasteiger partial charge in [0.2, 0.25) is 0 Å². The van der Waals surface area contributed by atoms with Crippen LogP contribution in [0.2, 0.25) is 0 Å². The van der Waals surface area contributed by atoms with E-state index in [0.717, 1.165) is 25.7 Å². The maximum atomic E-state index is 12.0. The quantitative estimate of drug-likeness (QED) is 0.571. The summed E-state index contributed by atoms with van der Waals surface area (Å²) in [6.07, 6.45) is 5.88. The zero-order valence-corrected chi connectivity index (χ0v) is 12.0. The highest BCUT2D eigenvalue weighted by Gasteiger charge is 2.15. The number of nitrogens with zero attached hydrogens (tertiary/aromatic N) is 1. The lowest BCUT2D eigenvalue weighted by Gasteiger charge is -2.09. The number of hydrogen-bond donors (Lipinski definition) is 3. The smallest absolute Gasteiger partial charge is 0.335 e. The fourth-order valence-corrected chi connectivity index (χ4v) is 2.34. The second kappa shape index (κ2) is 7.27. The van der Waals surface area contributed by atoms with Gasteiger partial charge in [0, 0.05) is 17.9 Å². The van der Waals surface area contributed by atoms with Crippen LogP contribution in [-0.4, -0.2) is 23.0 Å². The third kappa shape index (κ3) is 4.09. The minimum atomic E-state index is -1.03. The SMILES string of the molecule is N#C/C(=C/NC1CCCC1)C(=O)Nc1ccc(C(=O)O)cc1. The number of carbonyl (C=O) groups excluding carboxylic acids is 1. The molecule has 3 N–H and O–H groups in total. The summed E-state index contributed by atoms with van der Waals surface area (Å²) in [6.45, 7) is 0. The number of nitriles is 1.